The van der Waals surface area contributed by atoms with Crippen LogP contribution in [0, 0.1) is 0 Å². The lowest BCUT2D eigenvalue weighted by Gasteiger charge is -1.99. The molecule has 2 rings (SSSR count). The molecule has 0 spiro atoms. The zero-order valence-corrected chi connectivity index (χ0v) is 7.82. The lowest BCUT2D eigenvalue weighted by atomic mass is 10.2. The number of halogens is 1. The fourth-order valence-corrected chi connectivity index (χ4v) is 1.25. The first-order valence-electron chi connectivity index (χ1n) is 3.81. The lowest BCUT2D eigenvalue weighted by molar-refractivity contribution is 0.590. The minimum absolute atomic E-state index is 0.00140. The lowest BCUT2D eigenvalue weighted by Crippen LogP contribution is -1.86. The SMILES string of the molecule is Nc1ccc(Cl)c(-c2nnc(N)o2)c1. The van der Waals surface area contributed by atoms with E-state index in [0.717, 1.165) is 0 Å². The fraction of sp³-hybridized carbons (Fsp3) is 0. The van der Waals surface area contributed by atoms with Crippen molar-refractivity contribution in [1.29, 1.82) is 0 Å². The standard InChI is InChI=1S/C8H7ClN4O/c9-6-2-1-4(10)3-5(6)7-12-13-8(11)14-7/h1-3H,10H2,(H2,11,13). The number of hydrogen-bond donors (Lipinski definition) is 2. The number of nitrogens with zero attached hydrogens (tertiary/aromatic N) is 2. The van der Waals surface area contributed by atoms with Gasteiger partial charge in [0.15, 0.2) is 0 Å². The van der Waals surface area contributed by atoms with E-state index in [-0.39, 0.29) is 11.9 Å². The molecular formula is C8H7ClN4O. The van der Waals surface area contributed by atoms with Crippen molar-refractivity contribution in [3.05, 3.63) is 23.2 Å². The van der Waals surface area contributed by atoms with Gasteiger partial charge in [-0.2, -0.15) is 0 Å². The summed E-state index contributed by atoms with van der Waals surface area (Å²) in [6.07, 6.45) is 0. The van der Waals surface area contributed by atoms with Gasteiger partial charge in [0.2, 0.25) is 0 Å². The molecule has 0 fully saturated rings. The highest BCUT2D eigenvalue weighted by atomic mass is 35.5. The number of aromatic nitrogens is 2. The normalized spacial score (nSPS) is 10.4. The molecule has 2 aromatic rings. The minimum atomic E-state index is -0.00140. The van der Waals surface area contributed by atoms with Crippen LogP contribution in [0.15, 0.2) is 22.6 Å². The van der Waals surface area contributed by atoms with Crippen molar-refractivity contribution < 1.29 is 4.42 Å². The number of anilines is 2. The molecule has 0 radical (unpaired) electrons. The van der Waals surface area contributed by atoms with Crippen LogP contribution in [-0.2, 0) is 0 Å². The van der Waals surface area contributed by atoms with Gasteiger partial charge in [0, 0.05) is 5.69 Å². The van der Waals surface area contributed by atoms with Gasteiger partial charge in [-0.15, -0.1) is 5.10 Å². The number of nitrogens with two attached hydrogens (primary N) is 2. The molecule has 0 amide bonds. The fourth-order valence-electron chi connectivity index (χ4n) is 1.05. The van der Waals surface area contributed by atoms with Crippen LogP contribution in [0.3, 0.4) is 0 Å². The van der Waals surface area contributed by atoms with Crippen molar-refractivity contribution >= 4 is 23.3 Å². The summed E-state index contributed by atoms with van der Waals surface area (Å²) < 4.78 is 5.02. The molecule has 0 unspecified atom stereocenters. The molecule has 14 heavy (non-hydrogen) atoms. The average Bonchev–Trinajstić information content (AvgIpc) is 2.56. The molecule has 0 saturated carbocycles. The number of benzene rings is 1. The molecule has 1 heterocycles. The molecule has 5 nitrogen and oxygen atoms in total. The van der Waals surface area contributed by atoms with Crippen LogP contribution < -0.4 is 11.5 Å². The summed E-state index contributed by atoms with van der Waals surface area (Å²) in [4.78, 5) is 0. The number of rotatable bonds is 1. The third-order valence-corrected chi connectivity index (χ3v) is 1.99. The topological polar surface area (TPSA) is 91.0 Å². The van der Waals surface area contributed by atoms with Crippen molar-refractivity contribution in [2.24, 2.45) is 0 Å². The summed E-state index contributed by atoms with van der Waals surface area (Å²) >= 11 is 5.92. The smallest absolute Gasteiger partial charge is 0.313 e. The Morgan fingerprint density at radius 3 is 2.64 bits per heavy atom. The monoisotopic (exact) mass is 210 g/mol. The summed E-state index contributed by atoms with van der Waals surface area (Å²) in [6.45, 7) is 0. The molecule has 0 atom stereocenters. The molecular weight excluding hydrogens is 204 g/mol. The Hall–Kier alpha value is -1.75. The third-order valence-electron chi connectivity index (χ3n) is 1.66. The summed E-state index contributed by atoms with van der Waals surface area (Å²) in [5.74, 6) is 0.264. The minimum Gasteiger partial charge on any atom is -0.404 e. The van der Waals surface area contributed by atoms with Crippen molar-refractivity contribution in [2.45, 2.75) is 0 Å². The van der Waals surface area contributed by atoms with E-state index in [2.05, 4.69) is 10.2 Å². The van der Waals surface area contributed by atoms with Crippen LogP contribution in [0.25, 0.3) is 11.5 Å². The summed E-state index contributed by atoms with van der Waals surface area (Å²) in [5, 5.41) is 7.72. The van der Waals surface area contributed by atoms with Gasteiger partial charge < -0.3 is 15.9 Å². The van der Waals surface area contributed by atoms with Crippen molar-refractivity contribution in [3.8, 4) is 11.5 Å². The molecule has 0 aliphatic carbocycles. The van der Waals surface area contributed by atoms with Crippen molar-refractivity contribution in [1.82, 2.24) is 10.2 Å². The van der Waals surface area contributed by atoms with E-state index >= 15 is 0 Å². The molecule has 72 valence electrons. The van der Waals surface area contributed by atoms with Gasteiger partial charge in [-0.05, 0) is 18.2 Å². The van der Waals surface area contributed by atoms with Crippen LogP contribution in [0.2, 0.25) is 5.02 Å². The first-order chi connectivity index (χ1) is 6.66. The maximum Gasteiger partial charge on any atom is 0.313 e. The second kappa shape index (κ2) is 3.19. The largest absolute Gasteiger partial charge is 0.404 e. The maximum absolute atomic E-state index is 5.92. The third kappa shape index (κ3) is 1.49. The van der Waals surface area contributed by atoms with Gasteiger partial charge in [-0.3, -0.25) is 0 Å². The van der Waals surface area contributed by atoms with Crippen molar-refractivity contribution in [2.75, 3.05) is 11.5 Å². The van der Waals surface area contributed by atoms with Crippen LogP contribution in [-0.4, -0.2) is 10.2 Å². The van der Waals surface area contributed by atoms with Crippen LogP contribution in [0.4, 0.5) is 11.7 Å². The Kier molecular flexibility index (Phi) is 2.01. The maximum atomic E-state index is 5.92. The van der Waals surface area contributed by atoms with Gasteiger partial charge >= 0.3 is 6.01 Å². The molecule has 0 bridgehead atoms. The highest BCUT2D eigenvalue weighted by molar-refractivity contribution is 6.33. The van der Waals surface area contributed by atoms with E-state index in [9.17, 15) is 0 Å². The first kappa shape index (κ1) is 8.83. The quantitative estimate of drug-likeness (QED) is 0.697. The van der Waals surface area contributed by atoms with E-state index in [0.29, 0.717) is 16.3 Å². The highest BCUT2D eigenvalue weighted by Crippen LogP contribution is 2.28. The predicted octanol–water partition coefficient (Wildman–Crippen LogP) is 1.55. The summed E-state index contributed by atoms with van der Waals surface area (Å²) in [7, 11) is 0. The van der Waals surface area contributed by atoms with Gasteiger partial charge in [0.05, 0.1) is 10.6 Å². The van der Waals surface area contributed by atoms with Gasteiger partial charge in [-0.1, -0.05) is 16.7 Å². The molecule has 1 aromatic carbocycles. The molecule has 6 heteroatoms. The molecule has 0 aliphatic rings. The first-order valence-corrected chi connectivity index (χ1v) is 4.19. The Labute approximate surface area is 84.7 Å². The predicted molar refractivity (Wildman–Crippen MR) is 53.6 cm³/mol. The van der Waals surface area contributed by atoms with Crippen LogP contribution in [0.5, 0.6) is 0 Å². The summed E-state index contributed by atoms with van der Waals surface area (Å²) in [5.41, 5.74) is 12.0. The average molecular weight is 211 g/mol. The number of hydrogen-bond acceptors (Lipinski definition) is 5. The second-order valence-corrected chi connectivity index (χ2v) is 3.09. The Morgan fingerprint density at radius 2 is 2.00 bits per heavy atom. The summed E-state index contributed by atoms with van der Waals surface area (Å²) in [6, 6.07) is 4.99. The zero-order valence-electron chi connectivity index (χ0n) is 7.07. The van der Waals surface area contributed by atoms with Crippen LogP contribution >= 0.6 is 11.6 Å². The van der Waals surface area contributed by atoms with E-state index in [1.165, 1.54) is 0 Å². The zero-order chi connectivity index (χ0) is 10.1. The van der Waals surface area contributed by atoms with Crippen molar-refractivity contribution in [3.63, 3.8) is 0 Å². The molecule has 0 saturated heterocycles. The number of nitrogen functional groups attached to an aromatic ring is 2. The molecule has 1 aromatic heterocycles. The van der Waals surface area contributed by atoms with Gasteiger partial charge in [0.1, 0.15) is 0 Å². The van der Waals surface area contributed by atoms with E-state index in [1.54, 1.807) is 18.2 Å². The Bertz CT molecular complexity index is 468. The Balaban J connectivity index is 2.55. The van der Waals surface area contributed by atoms with E-state index in [4.69, 9.17) is 27.5 Å². The van der Waals surface area contributed by atoms with Gasteiger partial charge in [0.25, 0.3) is 5.89 Å². The molecule has 0 aliphatic heterocycles. The molecule has 4 N–H and O–H groups in total. The van der Waals surface area contributed by atoms with E-state index < -0.39 is 0 Å². The Morgan fingerprint density at radius 1 is 1.21 bits per heavy atom. The van der Waals surface area contributed by atoms with Crippen LogP contribution in [0.1, 0.15) is 0 Å². The second-order valence-electron chi connectivity index (χ2n) is 2.68. The highest BCUT2D eigenvalue weighted by Gasteiger charge is 2.10. The van der Waals surface area contributed by atoms with Gasteiger partial charge in [-0.25, -0.2) is 0 Å². The van der Waals surface area contributed by atoms with E-state index in [1.807, 2.05) is 0 Å².